The molecule has 1 fully saturated rings. The lowest BCUT2D eigenvalue weighted by Gasteiger charge is -2.34. The summed E-state index contributed by atoms with van der Waals surface area (Å²) < 4.78 is 31.3. The predicted octanol–water partition coefficient (Wildman–Crippen LogP) is 0.420. The molecule has 1 saturated heterocycles. The largest absolute Gasteiger partial charge is 0.453 e. The summed E-state index contributed by atoms with van der Waals surface area (Å²) in [5.74, 6) is 0.368. The van der Waals surface area contributed by atoms with Crippen molar-refractivity contribution >= 4 is 27.8 Å². The third-order valence-corrected chi connectivity index (χ3v) is 6.64. The van der Waals surface area contributed by atoms with Crippen molar-refractivity contribution in [2.75, 3.05) is 50.5 Å². The number of pyridine rings is 1. The van der Waals surface area contributed by atoms with E-state index in [4.69, 9.17) is 0 Å². The minimum absolute atomic E-state index is 0.0287. The van der Waals surface area contributed by atoms with E-state index in [9.17, 15) is 18.0 Å². The number of alkyl carbamates (subject to hydrolysis) is 1. The van der Waals surface area contributed by atoms with E-state index in [0.717, 1.165) is 5.82 Å². The zero-order valence-corrected chi connectivity index (χ0v) is 18.5. The monoisotopic (exact) mass is 441 g/mol. The van der Waals surface area contributed by atoms with Gasteiger partial charge in [0, 0.05) is 38.9 Å². The van der Waals surface area contributed by atoms with Gasteiger partial charge in [-0.05, 0) is 24.5 Å². The molecule has 0 aromatic carbocycles. The molecule has 0 radical (unpaired) electrons. The summed E-state index contributed by atoms with van der Waals surface area (Å²) >= 11 is 0. The maximum Gasteiger partial charge on any atom is 0.407 e. The van der Waals surface area contributed by atoms with Crippen LogP contribution in [0.4, 0.5) is 10.6 Å². The van der Waals surface area contributed by atoms with Crippen molar-refractivity contribution in [3.05, 3.63) is 24.4 Å². The summed E-state index contributed by atoms with van der Waals surface area (Å²) in [4.78, 5) is 30.2. The standard InChI is InChI=1S/C19H31N5O5S/c1-15(2)14-16(22-19(26)29-3)18(25)21-8-13-30(27,28)24-11-9-23(10-12-24)17-6-4-5-7-20-17/h4-7,15-16H,8-14H2,1-3H3,(H,21,25)(H,22,26). The van der Waals surface area contributed by atoms with Crippen LogP contribution in [0.5, 0.6) is 0 Å². The van der Waals surface area contributed by atoms with Gasteiger partial charge in [0.25, 0.3) is 0 Å². The Morgan fingerprint density at radius 1 is 1.20 bits per heavy atom. The number of nitrogens with zero attached hydrogens (tertiary/aromatic N) is 3. The lowest BCUT2D eigenvalue weighted by molar-refractivity contribution is -0.123. The fourth-order valence-electron chi connectivity index (χ4n) is 3.20. The number of carbonyl (C=O) groups excluding carboxylic acids is 2. The average molecular weight is 442 g/mol. The molecule has 0 spiro atoms. The highest BCUT2D eigenvalue weighted by atomic mass is 32.2. The normalized spacial score (nSPS) is 16.2. The molecule has 2 heterocycles. The van der Waals surface area contributed by atoms with Crippen LogP contribution >= 0.6 is 0 Å². The zero-order valence-electron chi connectivity index (χ0n) is 17.7. The topological polar surface area (TPSA) is 121 Å². The molecule has 1 atom stereocenters. The summed E-state index contributed by atoms with van der Waals surface area (Å²) in [6.07, 6.45) is 1.43. The van der Waals surface area contributed by atoms with Gasteiger partial charge in [0.05, 0.1) is 12.9 Å². The molecule has 0 saturated carbocycles. The van der Waals surface area contributed by atoms with Crippen LogP contribution < -0.4 is 15.5 Å². The van der Waals surface area contributed by atoms with E-state index in [0.29, 0.717) is 32.6 Å². The molecule has 11 heteroatoms. The lowest BCUT2D eigenvalue weighted by atomic mass is 10.0. The van der Waals surface area contributed by atoms with E-state index < -0.39 is 28.1 Å². The number of anilines is 1. The molecule has 1 aliphatic heterocycles. The van der Waals surface area contributed by atoms with Gasteiger partial charge in [0.1, 0.15) is 11.9 Å². The van der Waals surface area contributed by atoms with E-state index >= 15 is 0 Å². The number of sulfonamides is 1. The molecule has 0 bridgehead atoms. The van der Waals surface area contributed by atoms with Crippen LogP contribution in [0.1, 0.15) is 20.3 Å². The highest BCUT2D eigenvalue weighted by molar-refractivity contribution is 7.89. The second kappa shape index (κ2) is 11.1. The van der Waals surface area contributed by atoms with Gasteiger partial charge < -0.3 is 20.3 Å². The molecule has 1 aliphatic rings. The Balaban J connectivity index is 1.82. The van der Waals surface area contributed by atoms with Crippen molar-refractivity contribution in [1.82, 2.24) is 19.9 Å². The number of carbonyl (C=O) groups is 2. The Hall–Kier alpha value is -2.40. The van der Waals surface area contributed by atoms with Gasteiger partial charge in [-0.2, -0.15) is 4.31 Å². The van der Waals surface area contributed by atoms with E-state index in [2.05, 4.69) is 20.4 Å². The SMILES string of the molecule is COC(=O)NC(CC(C)C)C(=O)NCCS(=O)(=O)N1CCN(c2ccccn2)CC1. The van der Waals surface area contributed by atoms with E-state index in [-0.39, 0.29) is 18.2 Å². The smallest absolute Gasteiger partial charge is 0.407 e. The molecular formula is C19H31N5O5S. The van der Waals surface area contributed by atoms with Crippen LogP contribution in [0, 0.1) is 5.92 Å². The number of aromatic nitrogens is 1. The van der Waals surface area contributed by atoms with Crippen LogP contribution in [-0.2, 0) is 19.6 Å². The van der Waals surface area contributed by atoms with Crippen LogP contribution in [0.2, 0.25) is 0 Å². The maximum atomic E-state index is 12.6. The molecule has 168 valence electrons. The molecule has 30 heavy (non-hydrogen) atoms. The summed E-state index contributed by atoms with van der Waals surface area (Å²) in [7, 11) is -2.28. The summed E-state index contributed by atoms with van der Waals surface area (Å²) in [5, 5.41) is 5.10. The van der Waals surface area contributed by atoms with Gasteiger partial charge in [-0.15, -0.1) is 0 Å². The van der Waals surface area contributed by atoms with Crippen molar-refractivity contribution in [3.63, 3.8) is 0 Å². The number of ether oxygens (including phenoxy) is 1. The molecule has 10 nitrogen and oxygen atoms in total. The highest BCUT2D eigenvalue weighted by Gasteiger charge is 2.28. The van der Waals surface area contributed by atoms with Crippen molar-refractivity contribution < 1.29 is 22.7 Å². The van der Waals surface area contributed by atoms with Crippen LogP contribution in [0.15, 0.2) is 24.4 Å². The van der Waals surface area contributed by atoms with Crippen molar-refractivity contribution in [1.29, 1.82) is 0 Å². The van der Waals surface area contributed by atoms with E-state index in [1.807, 2.05) is 36.9 Å². The quantitative estimate of drug-likeness (QED) is 0.570. The number of rotatable bonds is 9. The van der Waals surface area contributed by atoms with Gasteiger partial charge in [-0.1, -0.05) is 19.9 Å². The Labute approximate surface area is 178 Å². The third-order valence-electron chi connectivity index (χ3n) is 4.77. The number of piperazine rings is 1. The van der Waals surface area contributed by atoms with Gasteiger partial charge in [-0.3, -0.25) is 4.79 Å². The molecule has 2 rings (SSSR count). The minimum Gasteiger partial charge on any atom is -0.453 e. The Morgan fingerprint density at radius 2 is 1.90 bits per heavy atom. The number of amides is 2. The number of hydrogen-bond donors (Lipinski definition) is 2. The van der Waals surface area contributed by atoms with Crippen molar-refractivity contribution in [3.8, 4) is 0 Å². The number of hydrogen-bond acceptors (Lipinski definition) is 7. The Morgan fingerprint density at radius 3 is 2.47 bits per heavy atom. The van der Waals surface area contributed by atoms with Gasteiger partial charge in [0.15, 0.2) is 0 Å². The predicted molar refractivity (Wildman–Crippen MR) is 114 cm³/mol. The minimum atomic E-state index is -3.50. The van der Waals surface area contributed by atoms with Crippen molar-refractivity contribution in [2.24, 2.45) is 5.92 Å². The average Bonchev–Trinajstić information content (AvgIpc) is 2.73. The second-order valence-electron chi connectivity index (χ2n) is 7.50. The van der Waals surface area contributed by atoms with Crippen molar-refractivity contribution in [2.45, 2.75) is 26.3 Å². The van der Waals surface area contributed by atoms with Crippen LogP contribution in [-0.4, -0.2) is 81.3 Å². The first-order valence-electron chi connectivity index (χ1n) is 9.99. The summed E-state index contributed by atoms with van der Waals surface area (Å²) in [6, 6.07) is 4.86. The lowest BCUT2D eigenvalue weighted by Crippen LogP contribution is -2.51. The third kappa shape index (κ3) is 7.13. The van der Waals surface area contributed by atoms with E-state index in [1.54, 1.807) is 6.20 Å². The van der Waals surface area contributed by atoms with E-state index in [1.165, 1.54) is 11.4 Å². The van der Waals surface area contributed by atoms with Crippen LogP contribution in [0.3, 0.4) is 0 Å². The highest BCUT2D eigenvalue weighted by Crippen LogP contribution is 2.14. The zero-order chi connectivity index (χ0) is 22.1. The molecule has 1 aromatic heterocycles. The molecule has 1 aromatic rings. The first-order valence-corrected chi connectivity index (χ1v) is 11.6. The fraction of sp³-hybridized carbons (Fsp3) is 0.632. The molecule has 0 aliphatic carbocycles. The fourth-order valence-corrected chi connectivity index (χ4v) is 4.53. The first kappa shape index (κ1) is 23.9. The summed E-state index contributed by atoms with van der Waals surface area (Å²) in [5.41, 5.74) is 0. The summed E-state index contributed by atoms with van der Waals surface area (Å²) in [6.45, 7) is 5.67. The molecule has 2 N–H and O–H groups in total. The molecular weight excluding hydrogens is 410 g/mol. The van der Waals surface area contributed by atoms with Gasteiger partial charge >= 0.3 is 6.09 Å². The maximum absolute atomic E-state index is 12.6. The first-order chi connectivity index (χ1) is 14.2. The van der Waals surface area contributed by atoms with Gasteiger partial charge in [-0.25, -0.2) is 18.2 Å². The molecule has 1 unspecified atom stereocenters. The Kier molecular flexibility index (Phi) is 8.85. The second-order valence-corrected chi connectivity index (χ2v) is 9.59. The number of nitrogens with one attached hydrogen (secondary N) is 2. The van der Waals surface area contributed by atoms with Crippen LogP contribution in [0.25, 0.3) is 0 Å². The Bertz CT molecular complexity index is 795. The number of methoxy groups -OCH3 is 1. The van der Waals surface area contributed by atoms with Gasteiger partial charge in [0.2, 0.25) is 15.9 Å². The molecule has 2 amide bonds.